The Balaban J connectivity index is 1.46. The molecular weight excluding hydrogens is 654 g/mol. The lowest BCUT2D eigenvalue weighted by molar-refractivity contribution is 0.0134. The highest BCUT2D eigenvalue weighted by Gasteiger charge is 2.39. The average Bonchev–Trinajstić information content (AvgIpc) is 2.99. The number of anilines is 1. The Kier molecular flexibility index (Phi) is 9.57. The van der Waals surface area contributed by atoms with Crippen LogP contribution in [0.1, 0.15) is 16.7 Å². The van der Waals surface area contributed by atoms with Crippen molar-refractivity contribution in [3.05, 3.63) is 118 Å². The quantitative estimate of drug-likeness (QED) is 0.172. The molecule has 226 valence electrons. The molecule has 0 aliphatic carbocycles. The zero-order chi connectivity index (χ0) is 30.6. The highest BCUT2D eigenvalue weighted by Crippen LogP contribution is 2.40. The monoisotopic (exact) mass is 685 g/mol. The first kappa shape index (κ1) is 31.2. The van der Waals surface area contributed by atoms with Crippen LogP contribution in [-0.2, 0) is 35.7 Å². The second-order valence-corrected chi connectivity index (χ2v) is 14.8. The molecule has 0 spiro atoms. The highest BCUT2D eigenvalue weighted by molar-refractivity contribution is 9.10. The van der Waals surface area contributed by atoms with Crippen molar-refractivity contribution in [2.45, 2.75) is 36.3 Å². The van der Waals surface area contributed by atoms with Gasteiger partial charge in [0.15, 0.2) is 0 Å². The fourth-order valence-electron chi connectivity index (χ4n) is 4.80. The zero-order valence-corrected chi connectivity index (χ0v) is 26.9. The molecule has 0 saturated carbocycles. The Morgan fingerprint density at radius 3 is 2.21 bits per heavy atom. The molecule has 1 aliphatic heterocycles. The van der Waals surface area contributed by atoms with Crippen LogP contribution in [0.2, 0.25) is 0 Å². The number of hydrogen-bond acceptors (Lipinski definition) is 7. The van der Waals surface area contributed by atoms with Crippen LogP contribution in [0.5, 0.6) is 5.75 Å². The number of halogens is 1. The number of nitrogens with zero attached hydrogens (tertiary/aromatic N) is 1. The van der Waals surface area contributed by atoms with Gasteiger partial charge in [0.05, 0.1) is 41.8 Å². The molecule has 4 aromatic carbocycles. The maximum Gasteiger partial charge on any atom is 0.296 e. The van der Waals surface area contributed by atoms with Gasteiger partial charge in [0.1, 0.15) is 11.9 Å². The van der Waals surface area contributed by atoms with Crippen molar-refractivity contribution in [1.82, 2.24) is 0 Å². The smallest absolute Gasteiger partial charge is 0.296 e. The van der Waals surface area contributed by atoms with Gasteiger partial charge in [-0.2, -0.15) is 8.42 Å². The van der Waals surface area contributed by atoms with E-state index >= 15 is 0 Å². The number of sulfonamides is 1. The SMILES string of the molecule is Cc1cccc(S(=O)(=O)OC[C@@H](COCc2ccccc2)[C@H]2CN(S(=O)(=O)c3cccc(C)c3)c3cc(Br)ccc3O2)c1. The second-order valence-electron chi connectivity index (χ2n) is 10.4. The number of rotatable bonds is 11. The van der Waals surface area contributed by atoms with Crippen LogP contribution in [0.4, 0.5) is 5.69 Å². The van der Waals surface area contributed by atoms with Crippen molar-refractivity contribution in [2.75, 3.05) is 24.1 Å². The standard InChI is InChI=1S/C32H32BrNO7S2/c1-23-8-6-12-28(16-23)42(35,36)34-19-32(41-31-15-14-27(33)18-30(31)34)26(21-39-20-25-10-4-3-5-11-25)22-40-43(37,38)29-13-7-9-24(2)17-29/h3-18,26,32H,19-22H2,1-2H3/t26-,32-/m1/s1. The normalized spacial score (nSPS) is 15.9. The lowest BCUT2D eigenvalue weighted by Gasteiger charge is -2.38. The molecule has 0 bridgehead atoms. The molecule has 0 radical (unpaired) electrons. The predicted molar refractivity (Wildman–Crippen MR) is 168 cm³/mol. The van der Waals surface area contributed by atoms with Crippen molar-refractivity contribution >= 4 is 41.8 Å². The number of hydrogen-bond donors (Lipinski definition) is 0. The molecule has 0 fully saturated rings. The first-order valence-corrected chi connectivity index (χ1v) is 17.3. The fraction of sp³-hybridized carbons (Fsp3) is 0.250. The number of benzene rings is 4. The van der Waals surface area contributed by atoms with E-state index in [0.717, 1.165) is 16.7 Å². The van der Waals surface area contributed by atoms with Gasteiger partial charge in [-0.25, -0.2) is 8.42 Å². The first-order chi connectivity index (χ1) is 20.5. The summed E-state index contributed by atoms with van der Waals surface area (Å²) in [7, 11) is -8.10. The lowest BCUT2D eigenvalue weighted by Crippen LogP contribution is -2.49. The van der Waals surface area contributed by atoms with E-state index in [0.29, 0.717) is 15.9 Å². The van der Waals surface area contributed by atoms with Gasteiger partial charge in [-0.1, -0.05) is 70.5 Å². The molecule has 43 heavy (non-hydrogen) atoms. The van der Waals surface area contributed by atoms with E-state index in [4.69, 9.17) is 13.7 Å². The van der Waals surface area contributed by atoms with Gasteiger partial charge in [0.25, 0.3) is 20.1 Å². The minimum absolute atomic E-state index is 0.0415. The average molecular weight is 687 g/mol. The molecule has 1 aliphatic rings. The van der Waals surface area contributed by atoms with Gasteiger partial charge in [-0.05, 0) is 73.0 Å². The second kappa shape index (κ2) is 13.2. The summed E-state index contributed by atoms with van der Waals surface area (Å²) in [5.41, 5.74) is 2.91. The zero-order valence-electron chi connectivity index (χ0n) is 23.7. The molecule has 0 saturated heterocycles. The van der Waals surface area contributed by atoms with Gasteiger partial charge in [-0.15, -0.1) is 0 Å². The lowest BCUT2D eigenvalue weighted by atomic mass is 10.0. The predicted octanol–water partition coefficient (Wildman–Crippen LogP) is 6.26. The molecule has 8 nitrogen and oxygen atoms in total. The molecule has 2 atom stereocenters. The van der Waals surface area contributed by atoms with Crippen LogP contribution in [0.15, 0.2) is 111 Å². The Labute approximate surface area is 261 Å². The van der Waals surface area contributed by atoms with Crippen molar-refractivity contribution in [3.63, 3.8) is 0 Å². The van der Waals surface area contributed by atoms with E-state index in [1.807, 2.05) is 43.3 Å². The van der Waals surface area contributed by atoms with Gasteiger partial charge >= 0.3 is 0 Å². The van der Waals surface area contributed by atoms with E-state index in [9.17, 15) is 16.8 Å². The largest absolute Gasteiger partial charge is 0.486 e. The van der Waals surface area contributed by atoms with Crippen molar-refractivity contribution in [2.24, 2.45) is 5.92 Å². The minimum Gasteiger partial charge on any atom is -0.486 e. The molecule has 0 aromatic heterocycles. The van der Waals surface area contributed by atoms with Gasteiger partial charge < -0.3 is 9.47 Å². The van der Waals surface area contributed by atoms with Crippen molar-refractivity contribution < 1.29 is 30.5 Å². The number of ether oxygens (including phenoxy) is 2. The summed E-state index contributed by atoms with van der Waals surface area (Å²) in [5.74, 6) is -0.291. The summed E-state index contributed by atoms with van der Waals surface area (Å²) < 4.78 is 74.2. The number of fused-ring (bicyclic) bond motifs is 1. The third kappa shape index (κ3) is 7.47. The molecule has 0 amide bonds. The van der Waals surface area contributed by atoms with Crippen LogP contribution in [0, 0.1) is 19.8 Å². The van der Waals surface area contributed by atoms with Gasteiger partial charge in [0.2, 0.25) is 0 Å². The molecule has 1 heterocycles. The van der Waals surface area contributed by atoms with Gasteiger partial charge in [0, 0.05) is 10.4 Å². The third-order valence-electron chi connectivity index (χ3n) is 7.08. The summed E-state index contributed by atoms with van der Waals surface area (Å²) in [6.07, 6.45) is -0.781. The Bertz CT molecular complexity index is 1800. The third-order valence-corrected chi connectivity index (χ3v) is 10.6. The minimum atomic E-state index is -4.10. The summed E-state index contributed by atoms with van der Waals surface area (Å²) in [5, 5.41) is 0. The molecular formula is C32H32BrNO7S2. The van der Waals surface area contributed by atoms with Crippen LogP contribution in [-0.4, -0.2) is 42.7 Å². The highest BCUT2D eigenvalue weighted by atomic mass is 79.9. The van der Waals surface area contributed by atoms with Crippen LogP contribution < -0.4 is 9.04 Å². The van der Waals surface area contributed by atoms with Crippen molar-refractivity contribution in [1.29, 1.82) is 0 Å². The van der Waals surface area contributed by atoms with Crippen LogP contribution in [0.3, 0.4) is 0 Å². The summed E-state index contributed by atoms with van der Waals surface area (Å²) >= 11 is 3.44. The number of aryl methyl sites for hydroxylation is 2. The molecule has 0 unspecified atom stereocenters. The van der Waals surface area contributed by atoms with Crippen LogP contribution in [0.25, 0.3) is 0 Å². The fourth-order valence-corrected chi connectivity index (χ4v) is 7.80. The summed E-state index contributed by atoms with van der Waals surface area (Å²) in [6.45, 7) is 3.62. The van der Waals surface area contributed by atoms with E-state index in [-0.39, 0.29) is 36.2 Å². The topological polar surface area (TPSA) is 99.2 Å². The summed E-state index contributed by atoms with van der Waals surface area (Å²) in [4.78, 5) is 0.189. The van der Waals surface area contributed by atoms with E-state index in [1.165, 1.54) is 16.4 Å². The Morgan fingerprint density at radius 1 is 0.837 bits per heavy atom. The maximum atomic E-state index is 14.0. The van der Waals surface area contributed by atoms with E-state index < -0.39 is 32.2 Å². The summed E-state index contributed by atoms with van der Waals surface area (Å²) in [6, 6.07) is 27.9. The Morgan fingerprint density at radius 2 is 1.51 bits per heavy atom. The van der Waals surface area contributed by atoms with Crippen molar-refractivity contribution in [3.8, 4) is 5.75 Å². The molecule has 0 N–H and O–H groups in total. The first-order valence-electron chi connectivity index (χ1n) is 13.7. The van der Waals surface area contributed by atoms with Gasteiger partial charge in [-0.3, -0.25) is 8.49 Å². The van der Waals surface area contributed by atoms with E-state index in [1.54, 1.807) is 55.5 Å². The molecule has 4 aromatic rings. The van der Waals surface area contributed by atoms with Crippen LogP contribution >= 0.6 is 15.9 Å². The molecule has 5 rings (SSSR count). The maximum absolute atomic E-state index is 14.0. The Hall–Kier alpha value is -3.22. The van der Waals surface area contributed by atoms with E-state index in [2.05, 4.69) is 15.9 Å². The molecule has 11 heteroatoms.